The molecular weight excluding hydrogens is 356 g/mol. The van der Waals surface area contributed by atoms with Crippen molar-refractivity contribution in [3.8, 4) is 5.88 Å². The van der Waals surface area contributed by atoms with Gasteiger partial charge in [-0.3, -0.25) is 0 Å². The summed E-state index contributed by atoms with van der Waals surface area (Å²) in [5, 5.41) is 8.47. The topological polar surface area (TPSA) is 67.8 Å². The number of hydrogen-bond donors (Lipinski definition) is 0. The van der Waals surface area contributed by atoms with Crippen LogP contribution in [0.2, 0.25) is 0 Å². The number of aromatic nitrogens is 2. The van der Waals surface area contributed by atoms with Gasteiger partial charge in [0.05, 0.1) is 6.61 Å². The van der Waals surface area contributed by atoms with Crippen molar-refractivity contribution in [1.29, 1.82) is 0 Å². The van der Waals surface area contributed by atoms with E-state index in [1.54, 1.807) is 4.90 Å². The van der Waals surface area contributed by atoms with Gasteiger partial charge in [0.1, 0.15) is 5.60 Å². The summed E-state index contributed by atoms with van der Waals surface area (Å²) in [5.41, 5.74) is -0.467. The zero-order valence-electron chi connectivity index (χ0n) is 17.9. The molecule has 7 heteroatoms. The molecule has 0 spiro atoms. The highest BCUT2D eigenvalue weighted by atomic mass is 16.6. The number of amides is 1. The van der Waals surface area contributed by atoms with Gasteiger partial charge in [0, 0.05) is 32.2 Å². The summed E-state index contributed by atoms with van der Waals surface area (Å²) in [6.45, 7) is 11.2. The smallest absolute Gasteiger partial charge is 0.410 e. The highest BCUT2D eigenvalue weighted by Crippen LogP contribution is 2.17. The summed E-state index contributed by atoms with van der Waals surface area (Å²) in [5.74, 6) is 1.39. The third-order valence-electron chi connectivity index (χ3n) is 4.63. The molecule has 0 aromatic carbocycles. The molecule has 0 aliphatic carbocycles. The lowest BCUT2D eigenvalue weighted by Gasteiger charge is -2.35. The van der Waals surface area contributed by atoms with Crippen LogP contribution in [0.5, 0.6) is 5.88 Å². The Morgan fingerprint density at radius 1 is 1.00 bits per heavy atom. The van der Waals surface area contributed by atoms with E-state index < -0.39 is 5.60 Å². The van der Waals surface area contributed by atoms with Crippen LogP contribution in [-0.2, 0) is 4.74 Å². The first-order chi connectivity index (χ1) is 13.4. The molecule has 1 saturated heterocycles. The van der Waals surface area contributed by atoms with Gasteiger partial charge in [-0.1, -0.05) is 39.0 Å². The molecule has 0 saturated carbocycles. The minimum atomic E-state index is -0.467. The number of rotatable bonds is 9. The van der Waals surface area contributed by atoms with E-state index in [4.69, 9.17) is 9.47 Å². The van der Waals surface area contributed by atoms with Crippen LogP contribution < -0.4 is 9.64 Å². The number of ether oxygens (including phenoxy) is 2. The average Bonchev–Trinajstić information content (AvgIpc) is 2.67. The predicted octanol–water partition coefficient (Wildman–Crippen LogP) is 4.27. The predicted molar refractivity (Wildman–Crippen MR) is 111 cm³/mol. The van der Waals surface area contributed by atoms with Gasteiger partial charge in [-0.2, -0.15) is 0 Å². The quantitative estimate of drug-likeness (QED) is 0.585. The Hall–Kier alpha value is -2.05. The standard InChI is InChI=1S/C21H36N4O3/c1-5-6-7-8-9-10-17-27-19-12-11-18(22-23-19)24-13-15-25(16-14-24)20(26)28-21(2,3)4/h11-12H,5-10,13-17H2,1-4H3. The van der Waals surface area contributed by atoms with Crippen molar-refractivity contribution in [3.05, 3.63) is 12.1 Å². The summed E-state index contributed by atoms with van der Waals surface area (Å²) in [6, 6.07) is 3.81. The van der Waals surface area contributed by atoms with Crippen molar-refractivity contribution in [2.75, 3.05) is 37.7 Å². The first-order valence-corrected chi connectivity index (χ1v) is 10.6. The fourth-order valence-corrected chi connectivity index (χ4v) is 3.06. The second-order valence-electron chi connectivity index (χ2n) is 8.30. The number of nitrogens with zero attached hydrogens (tertiary/aromatic N) is 4. The van der Waals surface area contributed by atoms with E-state index in [0.29, 0.717) is 38.7 Å². The monoisotopic (exact) mass is 392 g/mol. The van der Waals surface area contributed by atoms with Crippen LogP contribution in [0.25, 0.3) is 0 Å². The third-order valence-corrected chi connectivity index (χ3v) is 4.63. The Labute approximate surface area is 169 Å². The van der Waals surface area contributed by atoms with Gasteiger partial charge < -0.3 is 19.3 Å². The lowest BCUT2D eigenvalue weighted by atomic mass is 10.1. The van der Waals surface area contributed by atoms with Crippen LogP contribution in [0, 0.1) is 0 Å². The molecule has 0 bridgehead atoms. The molecule has 7 nitrogen and oxygen atoms in total. The molecule has 0 unspecified atom stereocenters. The lowest BCUT2D eigenvalue weighted by Crippen LogP contribution is -2.50. The Morgan fingerprint density at radius 3 is 2.29 bits per heavy atom. The van der Waals surface area contributed by atoms with Crippen LogP contribution in [0.1, 0.15) is 66.2 Å². The molecule has 1 aliphatic heterocycles. The van der Waals surface area contributed by atoms with Crippen LogP contribution in [0.4, 0.5) is 10.6 Å². The molecule has 1 fully saturated rings. The molecule has 0 N–H and O–H groups in total. The fraction of sp³-hybridized carbons (Fsp3) is 0.762. The second-order valence-corrected chi connectivity index (χ2v) is 8.30. The van der Waals surface area contributed by atoms with Crippen molar-refractivity contribution < 1.29 is 14.3 Å². The minimum absolute atomic E-state index is 0.253. The Balaban J connectivity index is 1.69. The normalized spacial score (nSPS) is 14.9. The van der Waals surface area contributed by atoms with E-state index in [9.17, 15) is 4.79 Å². The van der Waals surface area contributed by atoms with Crippen molar-refractivity contribution in [1.82, 2.24) is 15.1 Å². The van der Waals surface area contributed by atoms with Crippen LogP contribution in [-0.4, -0.2) is 59.6 Å². The number of carbonyl (C=O) groups excluding carboxylic acids is 1. The molecule has 0 radical (unpaired) electrons. The molecule has 2 heterocycles. The van der Waals surface area contributed by atoms with Crippen molar-refractivity contribution >= 4 is 11.9 Å². The number of piperazine rings is 1. The zero-order chi connectivity index (χ0) is 20.4. The van der Waals surface area contributed by atoms with Crippen molar-refractivity contribution in [2.45, 2.75) is 71.8 Å². The van der Waals surface area contributed by atoms with Gasteiger partial charge in [0.15, 0.2) is 5.82 Å². The van der Waals surface area contributed by atoms with E-state index in [2.05, 4.69) is 22.0 Å². The van der Waals surface area contributed by atoms with E-state index >= 15 is 0 Å². The molecule has 1 amide bonds. The van der Waals surface area contributed by atoms with Gasteiger partial charge in [0.25, 0.3) is 0 Å². The van der Waals surface area contributed by atoms with E-state index in [0.717, 1.165) is 12.2 Å². The summed E-state index contributed by atoms with van der Waals surface area (Å²) in [6.07, 6.45) is 7.18. The zero-order valence-corrected chi connectivity index (χ0v) is 17.9. The summed E-state index contributed by atoms with van der Waals surface area (Å²) in [4.78, 5) is 16.0. The van der Waals surface area contributed by atoms with Crippen LogP contribution in [0.15, 0.2) is 12.1 Å². The SMILES string of the molecule is CCCCCCCCOc1ccc(N2CCN(C(=O)OC(C)(C)C)CC2)nn1. The van der Waals surface area contributed by atoms with Crippen LogP contribution in [0.3, 0.4) is 0 Å². The molecule has 0 atom stereocenters. The van der Waals surface area contributed by atoms with Crippen molar-refractivity contribution in [3.63, 3.8) is 0 Å². The van der Waals surface area contributed by atoms with Gasteiger partial charge in [-0.15, -0.1) is 10.2 Å². The first kappa shape index (κ1) is 22.2. The van der Waals surface area contributed by atoms with E-state index in [1.807, 2.05) is 32.9 Å². The van der Waals surface area contributed by atoms with Gasteiger partial charge in [-0.05, 0) is 33.3 Å². The molecule has 158 valence electrons. The summed E-state index contributed by atoms with van der Waals surface area (Å²) < 4.78 is 11.1. The number of anilines is 1. The number of carbonyl (C=O) groups is 1. The van der Waals surface area contributed by atoms with E-state index in [1.165, 1.54) is 32.1 Å². The maximum Gasteiger partial charge on any atom is 0.410 e. The molecule has 1 aromatic rings. The Morgan fingerprint density at radius 2 is 1.68 bits per heavy atom. The van der Waals surface area contributed by atoms with Crippen LogP contribution >= 0.6 is 0 Å². The molecule has 2 rings (SSSR count). The fourth-order valence-electron chi connectivity index (χ4n) is 3.06. The average molecular weight is 393 g/mol. The van der Waals surface area contributed by atoms with Crippen molar-refractivity contribution in [2.24, 2.45) is 0 Å². The van der Waals surface area contributed by atoms with Gasteiger partial charge >= 0.3 is 6.09 Å². The molecule has 28 heavy (non-hydrogen) atoms. The lowest BCUT2D eigenvalue weighted by molar-refractivity contribution is 0.0240. The minimum Gasteiger partial charge on any atom is -0.477 e. The summed E-state index contributed by atoms with van der Waals surface area (Å²) in [7, 11) is 0. The van der Waals surface area contributed by atoms with Gasteiger partial charge in [0.2, 0.25) is 5.88 Å². The number of hydrogen-bond acceptors (Lipinski definition) is 6. The molecule has 1 aromatic heterocycles. The Bertz CT molecular complexity index is 578. The molecular formula is C21H36N4O3. The molecule has 1 aliphatic rings. The highest BCUT2D eigenvalue weighted by molar-refractivity contribution is 5.68. The number of unbranched alkanes of at least 4 members (excludes halogenated alkanes) is 5. The van der Waals surface area contributed by atoms with E-state index in [-0.39, 0.29) is 6.09 Å². The van der Waals surface area contributed by atoms with Gasteiger partial charge in [-0.25, -0.2) is 4.79 Å². The Kier molecular flexibility index (Phi) is 8.80. The largest absolute Gasteiger partial charge is 0.477 e. The summed E-state index contributed by atoms with van der Waals surface area (Å²) >= 11 is 0. The third kappa shape index (κ3) is 7.90. The highest BCUT2D eigenvalue weighted by Gasteiger charge is 2.26. The first-order valence-electron chi connectivity index (χ1n) is 10.6. The maximum atomic E-state index is 12.1. The second kappa shape index (κ2) is 11.1. The maximum absolute atomic E-state index is 12.1.